The Morgan fingerprint density at radius 3 is 2.31 bits per heavy atom. The summed E-state index contributed by atoms with van der Waals surface area (Å²) in [6.07, 6.45) is 10.0. The zero-order valence-corrected chi connectivity index (χ0v) is 11.3. The van der Waals surface area contributed by atoms with Gasteiger partial charge >= 0.3 is 0 Å². The highest BCUT2D eigenvalue weighted by Gasteiger charge is 1.98. The van der Waals surface area contributed by atoms with Gasteiger partial charge in [0.25, 0.3) is 0 Å². The van der Waals surface area contributed by atoms with Gasteiger partial charge in [0.1, 0.15) is 5.78 Å². The minimum atomic E-state index is 0.378. The van der Waals surface area contributed by atoms with E-state index in [1.165, 1.54) is 11.1 Å². The average molecular weight is 222 g/mol. The molecule has 16 heavy (non-hydrogen) atoms. The minimum absolute atomic E-state index is 0.378. The number of rotatable bonds is 8. The van der Waals surface area contributed by atoms with E-state index in [1.54, 1.807) is 0 Å². The van der Waals surface area contributed by atoms with E-state index in [1.807, 2.05) is 0 Å². The molecular formula is C15H26O. The molecule has 1 nitrogen and oxygen atoms in total. The second-order valence-electron chi connectivity index (χ2n) is 4.72. The van der Waals surface area contributed by atoms with Crippen LogP contribution >= 0.6 is 0 Å². The summed E-state index contributed by atoms with van der Waals surface area (Å²) in [5.74, 6) is 0.378. The Morgan fingerprint density at radius 2 is 1.75 bits per heavy atom. The van der Waals surface area contributed by atoms with Gasteiger partial charge in [0.2, 0.25) is 0 Å². The third-order valence-electron chi connectivity index (χ3n) is 2.58. The Balaban J connectivity index is 3.77. The molecule has 0 radical (unpaired) electrons. The highest BCUT2D eigenvalue weighted by molar-refractivity contribution is 5.79. The maximum Gasteiger partial charge on any atom is 0.136 e. The molecule has 1 heteroatoms. The molecule has 0 aliphatic carbocycles. The molecule has 0 heterocycles. The molecule has 0 aromatic rings. The summed E-state index contributed by atoms with van der Waals surface area (Å²) in [5, 5.41) is 0. The molecule has 0 amide bonds. The lowest BCUT2D eigenvalue weighted by atomic mass is 10.1. The van der Waals surface area contributed by atoms with Gasteiger partial charge in [-0.1, -0.05) is 36.6 Å². The minimum Gasteiger partial charge on any atom is -0.299 e. The summed E-state index contributed by atoms with van der Waals surface area (Å²) in [7, 11) is 0. The molecular weight excluding hydrogens is 196 g/mol. The molecule has 0 aromatic heterocycles. The predicted molar refractivity (Wildman–Crippen MR) is 71.6 cm³/mol. The van der Waals surface area contributed by atoms with Crippen molar-refractivity contribution in [2.75, 3.05) is 0 Å². The van der Waals surface area contributed by atoms with Gasteiger partial charge in [0.05, 0.1) is 0 Å². The van der Waals surface area contributed by atoms with Crippen LogP contribution in [0.5, 0.6) is 0 Å². The second-order valence-corrected chi connectivity index (χ2v) is 4.72. The number of unbranched alkanes of at least 4 members (excludes halogenated alkanes) is 1. The van der Waals surface area contributed by atoms with E-state index in [9.17, 15) is 4.79 Å². The van der Waals surface area contributed by atoms with Gasteiger partial charge in [-0.25, -0.2) is 0 Å². The first-order chi connectivity index (χ1) is 7.56. The number of carbonyl (C=O) groups is 1. The number of carbonyl (C=O) groups excluding carboxylic acids is 1. The largest absolute Gasteiger partial charge is 0.299 e. The fourth-order valence-electron chi connectivity index (χ4n) is 1.45. The van der Waals surface area contributed by atoms with Crippen LogP contribution < -0.4 is 0 Å². The summed E-state index contributed by atoms with van der Waals surface area (Å²) >= 11 is 0. The van der Waals surface area contributed by atoms with Crippen molar-refractivity contribution in [1.82, 2.24) is 0 Å². The van der Waals surface area contributed by atoms with E-state index in [4.69, 9.17) is 0 Å². The van der Waals surface area contributed by atoms with E-state index < -0.39 is 0 Å². The molecule has 0 bridgehead atoms. The van der Waals surface area contributed by atoms with Crippen LogP contribution in [0.25, 0.3) is 0 Å². The van der Waals surface area contributed by atoms with Gasteiger partial charge < -0.3 is 0 Å². The summed E-state index contributed by atoms with van der Waals surface area (Å²) in [5.41, 5.74) is 2.70. The van der Waals surface area contributed by atoms with Crippen molar-refractivity contribution < 1.29 is 4.79 Å². The van der Waals surface area contributed by atoms with Gasteiger partial charge in [-0.3, -0.25) is 4.79 Å². The van der Waals surface area contributed by atoms with E-state index in [2.05, 4.69) is 39.8 Å². The summed E-state index contributed by atoms with van der Waals surface area (Å²) < 4.78 is 0. The van der Waals surface area contributed by atoms with Crippen molar-refractivity contribution in [1.29, 1.82) is 0 Å². The van der Waals surface area contributed by atoms with Crippen LogP contribution in [0.15, 0.2) is 23.3 Å². The van der Waals surface area contributed by atoms with Crippen LogP contribution in [-0.4, -0.2) is 5.78 Å². The highest BCUT2D eigenvalue weighted by atomic mass is 16.1. The lowest BCUT2D eigenvalue weighted by Gasteiger charge is -1.99. The van der Waals surface area contributed by atoms with Crippen LogP contribution in [0.1, 0.15) is 66.2 Å². The number of hydrogen-bond donors (Lipinski definition) is 0. The molecule has 0 rings (SSSR count). The van der Waals surface area contributed by atoms with Crippen molar-refractivity contribution in [2.24, 2.45) is 0 Å². The van der Waals surface area contributed by atoms with Crippen molar-refractivity contribution >= 4 is 5.78 Å². The van der Waals surface area contributed by atoms with Crippen molar-refractivity contribution in [2.45, 2.75) is 66.2 Å². The Kier molecular flexibility index (Phi) is 8.88. The topological polar surface area (TPSA) is 17.1 Å². The van der Waals surface area contributed by atoms with Crippen molar-refractivity contribution in [3.8, 4) is 0 Å². The molecule has 0 unspecified atom stereocenters. The summed E-state index contributed by atoms with van der Waals surface area (Å²) in [6, 6.07) is 0. The molecule has 0 fully saturated rings. The molecule has 0 spiro atoms. The summed E-state index contributed by atoms with van der Waals surface area (Å²) in [4.78, 5) is 11.4. The Hall–Kier alpha value is -0.850. The van der Waals surface area contributed by atoms with Gasteiger partial charge in [0, 0.05) is 12.8 Å². The van der Waals surface area contributed by atoms with Crippen molar-refractivity contribution in [3.63, 3.8) is 0 Å². The number of allylic oxidation sites excluding steroid dienone is 4. The molecule has 0 N–H and O–H groups in total. The van der Waals surface area contributed by atoms with E-state index >= 15 is 0 Å². The van der Waals surface area contributed by atoms with E-state index in [0.29, 0.717) is 12.2 Å². The Bertz CT molecular complexity index is 255. The van der Waals surface area contributed by atoms with Crippen LogP contribution in [0.3, 0.4) is 0 Å². The summed E-state index contributed by atoms with van der Waals surface area (Å²) in [6.45, 7) is 8.47. The smallest absolute Gasteiger partial charge is 0.136 e. The van der Waals surface area contributed by atoms with Gasteiger partial charge in [-0.15, -0.1) is 0 Å². The zero-order chi connectivity index (χ0) is 12.4. The van der Waals surface area contributed by atoms with Crippen LogP contribution in [-0.2, 0) is 4.79 Å². The lowest BCUT2D eigenvalue weighted by molar-refractivity contribution is -0.118. The van der Waals surface area contributed by atoms with Gasteiger partial charge in [-0.2, -0.15) is 0 Å². The van der Waals surface area contributed by atoms with Crippen LogP contribution in [0, 0.1) is 0 Å². The van der Waals surface area contributed by atoms with Crippen molar-refractivity contribution in [3.05, 3.63) is 23.3 Å². The maximum atomic E-state index is 11.4. The third kappa shape index (κ3) is 9.70. The second kappa shape index (κ2) is 9.38. The molecule has 0 atom stereocenters. The fraction of sp³-hybridized carbons (Fsp3) is 0.667. The average Bonchev–Trinajstić information content (AvgIpc) is 2.23. The Labute approximate surface area is 101 Å². The maximum absolute atomic E-state index is 11.4. The van der Waals surface area contributed by atoms with Gasteiger partial charge in [0.15, 0.2) is 0 Å². The molecule has 0 aliphatic rings. The van der Waals surface area contributed by atoms with Gasteiger partial charge in [-0.05, 0) is 40.0 Å². The number of hydrogen-bond acceptors (Lipinski definition) is 1. The molecule has 0 saturated heterocycles. The fourth-order valence-corrected chi connectivity index (χ4v) is 1.45. The predicted octanol–water partition coefficient (Wildman–Crippen LogP) is 4.83. The number of ketones is 1. The Morgan fingerprint density at radius 1 is 1.06 bits per heavy atom. The molecule has 0 aliphatic heterocycles. The SMILES string of the molecule is CCCCC(=O)C/C=C(\C)CCC=C(C)C. The third-order valence-corrected chi connectivity index (χ3v) is 2.58. The quantitative estimate of drug-likeness (QED) is 0.538. The van der Waals surface area contributed by atoms with Crippen LogP contribution in [0.4, 0.5) is 0 Å². The molecule has 92 valence electrons. The first-order valence-electron chi connectivity index (χ1n) is 6.37. The molecule has 0 aromatic carbocycles. The standard InChI is InChI=1S/C15H26O/c1-5-6-10-15(16)12-11-14(4)9-7-8-13(2)3/h8,11H,5-7,9-10,12H2,1-4H3/b14-11+. The first kappa shape index (κ1) is 15.2. The lowest BCUT2D eigenvalue weighted by Crippen LogP contribution is -1.95. The highest BCUT2D eigenvalue weighted by Crippen LogP contribution is 2.08. The van der Waals surface area contributed by atoms with E-state index in [0.717, 1.165) is 32.1 Å². The zero-order valence-electron chi connectivity index (χ0n) is 11.3. The monoisotopic (exact) mass is 222 g/mol. The van der Waals surface area contributed by atoms with E-state index in [-0.39, 0.29) is 0 Å². The normalized spacial score (nSPS) is 11.4. The molecule has 0 saturated carbocycles. The first-order valence-corrected chi connectivity index (χ1v) is 6.37. The van der Waals surface area contributed by atoms with Crippen LogP contribution in [0.2, 0.25) is 0 Å². The number of Topliss-reactive ketones (excluding diaryl/α,β-unsaturated/α-hetero) is 1.